The summed E-state index contributed by atoms with van der Waals surface area (Å²) in [4.78, 5) is 17.6. The second kappa shape index (κ2) is 7.68. The molecule has 0 aliphatic carbocycles. The van der Waals surface area contributed by atoms with Crippen molar-refractivity contribution in [3.8, 4) is 10.6 Å². The van der Waals surface area contributed by atoms with Crippen LogP contribution in [0, 0.1) is 0 Å². The zero-order valence-corrected chi connectivity index (χ0v) is 13.8. The summed E-state index contributed by atoms with van der Waals surface area (Å²) in [7, 11) is 0. The Labute approximate surface area is 139 Å². The number of esters is 1. The molecule has 0 unspecified atom stereocenters. The van der Waals surface area contributed by atoms with Crippen molar-refractivity contribution < 1.29 is 19.0 Å². The van der Waals surface area contributed by atoms with Crippen molar-refractivity contribution >= 4 is 17.3 Å². The zero-order chi connectivity index (χ0) is 16.1. The Morgan fingerprint density at radius 2 is 2.04 bits per heavy atom. The summed E-state index contributed by atoms with van der Waals surface area (Å²) in [5.41, 5.74) is 1.41. The fraction of sp³-hybridized carbons (Fsp3) is 0.412. The normalized spacial score (nSPS) is 15.0. The molecule has 1 aromatic heterocycles. The van der Waals surface area contributed by atoms with Gasteiger partial charge in [0.15, 0.2) is 12.0 Å². The molecule has 23 heavy (non-hydrogen) atoms. The van der Waals surface area contributed by atoms with Gasteiger partial charge in [0.25, 0.3) is 0 Å². The molecule has 0 amide bonds. The number of hydrogen-bond acceptors (Lipinski definition) is 6. The van der Waals surface area contributed by atoms with Gasteiger partial charge in [-0.25, -0.2) is 9.78 Å². The van der Waals surface area contributed by atoms with Crippen molar-refractivity contribution in [3.05, 3.63) is 40.9 Å². The van der Waals surface area contributed by atoms with Crippen LogP contribution in [0.4, 0.5) is 0 Å². The van der Waals surface area contributed by atoms with E-state index in [-0.39, 0.29) is 12.3 Å². The van der Waals surface area contributed by atoms with Gasteiger partial charge in [0.2, 0.25) is 0 Å². The molecule has 122 valence electrons. The number of aryl methyl sites for hydroxylation is 1. The predicted molar refractivity (Wildman–Crippen MR) is 87.5 cm³/mol. The Balaban J connectivity index is 1.82. The zero-order valence-electron chi connectivity index (χ0n) is 13.0. The maximum atomic E-state index is 12.2. The topological polar surface area (TPSA) is 57.7 Å². The van der Waals surface area contributed by atoms with Gasteiger partial charge in [0, 0.05) is 16.9 Å². The number of carbonyl (C=O) groups is 1. The number of hydrogen-bond donors (Lipinski definition) is 0. The molecule has 1 aliphatic heterocycles. The third-order valence-electron chi connectivity index (χ3n) is 3.48. The van der Waals surface area contributed by atoms with E-state index in [1.54, 1.807) is 6.92 Å². The van der Waals surface area contributed by atoms with E-state index in [2.05, 4.69) is 4.98 Å². The summed E-state index contributed by atoms with van der Waals surface area (Å²) in [6.45, 7) is 3.40. The van der Waals surface area contributed by atoms with Gasteiger partial charge < -0.3 is 14.2 Å². The molecule has 3 rings (SSSR count). The first-order valence-electron chi connectivity index (χ1n) is 7.73. The lowest BCUT2D eigenvalue weighted by atomic mass is 10.2. The Hall–Kier alpha value is -1.76. The number of rotatable bonds is 6. The molecule has 1 fully saturated rings. The molecule has 2 heterocycles. The third kappa shape index (κ3) is 3.96. The van der Waals surface area contributed by atoms with Crippen LogP contribution < -0.4 is 0 Å². The summed E-state index contributed by atoms with van der Waals surface area (Å²) >= 11 is 1.53. The molecule has 2 aromatic rings. The minimum Gasteiger partial charge on any atom is -0.461 e. The molecule has 0 atom stereocenters. The van der Waals surface area contributed by atoms with Gasteiger partial charge in [-0.2, -0.15) is 0 Å². The third-order valence-corrected chi connectivity index (χ3v) is 4.65. The van der Waals surface area contributed by atoms with Crippen LogP contribution in [0.1, 0.15) is 28.7 Å². The van der Waals surface area contributed by atoms with Crippen molar-refractivity contribution in [1.82, 2.24) is 4.98 Å². The first-order valence-corrected chi connectivity index (χ1v) is 8.55. The summed E-state index contributed by atoms with van der Waals surface area (Å²) in [6.07, 6.45) is 1.21. The van der Waals surface area contributed by atoms with Gasteiger partial charge in [-0.05, 0) is 13.3 Å². The van der Waals surface area contributed by atoms with Crippen molar-refractivity contribution in [3.63, 3.8) is 0 Å². The first kappa shape index (κ1) is 16.1. The quantitative estimate of drug-likeness (QED) is 0.759. The maximum Gasteiger partial charge on any atom is 0.358 e. The van der Waals surface area contributed by atoms with Crippen LogP contribution in [-0.2, 0) is 20.6 Å². The molecule has 6 heteroatoms. The highest BCUT2D eigenvalue weighted by Crippen LogP contribution is 2.30. The van der Waals surface area contributed by atoms with Crippen LogP contribution in [-0.4, -0.2) is 37.1 Å². The highest BCUT2D eigenvalue weighted by molar-refractivity contribution is 7.15. The Morgan fingerprint density at radius 3 is 2.74 bits per heavy atom. The highest BCUT2D eigenvalue weighted by Gasteiger charge is 2.22. The predicted octanol–water partition coefficient (Wildman–Crippen LogP) is 3.29. The van der Waals surface area contributed by atoms with Crippen LogP contribution in [0.25, 0.3) is 10.6 Å². The molecule has 0 saturated carbocycles. The number of benzene rings is 1. The molecule has 0 spiro atoms. The Kier molecular flexibility index (Phi) is 5.38. The lowest BCUT2D eigenvalue weighted by Gasteiger charge is -2.08. The molecular formula is C17H19NO4S. The van der Waals surface area contributed by atoms with Crippen molar-refractivity contribution in [1.29, 1.82) is 0 Å². The highest BCUT2D eigenvalue weighted by atomic mass is 32.1. The molecule has 0 bridgehead atoms. The van der Waals surface area contributed by atoms with Crippen LogP contribution in [0.15, 0.2) is 30.3 Å². The molecule has 5 nitrogen and oxygen atoms in total. The average Bonchev–Trinajstić information content (AvgIpc) is 3.23. The van der Waals surface area contributed by atoms with Crippen molar-refractivity contribution in [2.24, 2.45) is 0 Å². The second-order valence-electron chi connectivity index (χ2n) is 5.09. The largest absolute Gasteiger partial charge is 0.461 e. The van der Waals surface area contributed by atoms with Crippen LogP contribution >= 0.6 is 11.3 Å². The molecule has 0 radical (unpaired) electrons. The van der Waals surface area contributed by atoms with E-state index in [1.165, 1.54) is 11.3 Å². The van der Waals surface area contributed by atoms with E-state index >= 15 is 0 Å². The minimum absolute atomic E-state index is 0.188. The monoisotopic (exact) mass is 333 g/mol. The number of nitrogens with zero attached hydrogens (tertiary/aromatic N) is 1. The lowest BCUT2D eigenvalue weighted by Crippen LogP contribution is -2.11. The fourth-order valence-corrected chi connectivity index (χ4v) is 3.48. The van der Waals surface area contributed by atoms with Gasteiger partial charge in [-0.1, -0.05) is 30.3 Å². The summed E-state index contributed by atoms with van der Waals surface area (Å²) in [5.74, 6) is -0.366. The summed E-state index contributed by atoms with van der Waals surface area (Å²) in [5, 5.41) is 0.830. The van der Waals surface area contributed by atoms with E-state index in [0.29, 0.717) is 38.4 Å². The summed E-state index contributed by atoms with van der Waals surface area (Å²) in [6, 6.07) is 9.85. The fourth-order valence-electron chi connectivity index (χ4n) is 2.41. The van der Waals surface area contributed by atoms with Crippen molar-refractivity contribution in [2.75, 3.05) is 19.8 Å². The molecular weight excluding hydrogens is 314 g/mol. The van der Waals surface area contributed by atoms with Gasteiger partial charge in [0.05, 0.1) is 19.8 Å². The number of thiazole rings is 1. The SMILES string of the molecule is CCOC(=O)c1nc(-c2ccccc2)sc1CCC1OCCO1. The smallest absolute Gasteiger partial charge is 0.358 e. The number of aromatic nitrogens is 1. The van der Waals surface area contributed by atoms with E-state index < -0.39 is 0 Å². The molecule has 1 aromatic carbocycles. The van der Waals surface area contributed by atoms with Gasteiger partial charge >= 0.3 is 5.97 Å². The van der Waals surface area contributed by atoms with E-state index in [0.717, 1.165) is 15.4 Å². The summed E-state index contributed by atoms with van der Waals surface area (Å²) < 4.78 is 16.1. The van der Waals surface area contributed by atoms with Crippen LogP contribution in [0.5, 0.6) is 0 Å². The average molecular weight is 333 g/mol. The minimum atomic E-state index is -0.366. The van der Waals surface area contributed by atoms with E-state index in [9.17, 15) is 4.79 Å². The second-order valence-corrected chi connectivity index (χ2v) is 6.17. The lowest BCUT2D eigenvalue weighted by molar-refractivity contribution is -0.0461. The van der Waals surface area contributed by atoms with E-state index in [4.69, 9.17) is 14.2 Å². The Morgan fingerprint density at radius 1 is 1.30 bits per heavy atom. The van der Waals surface area contributed by atoms with Gasteiger partial charge in [0.1, 0.15) is 5.01 Å². The van der Waals surface area contributed by atoms with Crippen molar-refractivity contribution in [2.45, 2.75) is 26.1 Å². The van der Waals surface area contributed by atoms with Crippen LogP contribution in [0.3, 0.4) is 0 Å². The standard InChI is InChI=1S/C17H19NO4S/c1-2-20-17(19)15-13(8-9-14-21-10-11-22-14)23-16(18-15)12-6-4-3-5-7-12/h3-7,14H,2,8-11H2,1H3. The molecule has 1 saturated heterocycles. The van der Waals surface area contributed by atoms with Gasteiger partial charge in [-0.15, -0.1) is 11.3 Å². The van der Waals surface area contributed by atoms with Gasteiger partial charge in [-0.3, -0.25) is 0 Å². The number of carbonyl (C=O) groups excluding carboxylic acids is 1. The molecule has 1 aliphatic rings. The van der Waals surface area contributed by atoms with Crippen LogP contribution in [0.2, 0.25) is 0 Å². The maximum absolute atomic E-state index is 12.2. The van der Waals surface area contributed by atoms with E-state index in [1.807, 2.05) is 30.3 Å². The number of ether oxygens (including phenoxy) is 3. The molecule has 0 N–H and O–H groups in total. The Bertz CT molecular complexity index is 650. The first-order chi connectivity index (χ1) is 11.3.